The number of allylic oxidation sites excluding steroid dienone is 1. The number of carbonyl (C=O) groups is 2. The van der Waals surface area contributed by atoms with Crippen LogP contribution in [0.25, 0.3) is 22.6 Å². The van der Waals surface area contributed by atoms with Crippen molar-refractivity contribution in [3.05, 3.63) is 93.3 Å². The van der Waals surface area contributed by atoms with E-state index in [0.29, 0.717) is 5.56 Å². The van der Waals surface area contributed by atoms with Crippen LogP contribution in [0.5, 0.6) is 0 Å². The Morgan fingerprint density at radius 1 is 1.06 bits per heavy atom. The molecule has 1 amide bonds. The van der Waals surface area contributed by atoms with Gasteiger partial charge in [0.25, 0.3) is 5.91 Å². The topological polar surface area (TPSA) is 68.3 Å². The van der Waals surface area contributed by atoms with Crippen molar-refractivity contribution < 1.29 is 14.3 Å². The number of pyridine rings is 1. The Hall–Kier alpha value is -3.77. The number of fused-ring (bicyclic) bond motifs is 2. The van der Waals surface area contributed by atoms with E-state index in [2.05, 4.69) is 36.7 Å². The molecule has 1 aliphatic rings. The number of hydrogen-bond donors (Lipinski definition) is 1. The van der Waals surface area contributed by atoms with E-state index in [1.165, 1.54) is 0 Å². The molecular weight excluding hydrogens is 468 g/mol. The van der Waals surface area contributed by atoms with Crippen LogP contribution in [0.3, 0.4) is 0 Å². The molecule has 5 nitrogen and oxygen atoms in total. The molecule has 182 valence electrons. The van der Waals surface area contributed by atoms with Crippen molar-refractivity contribution in [2.24, 2.45) is 0 Å². The van der Waals surface area contributed by atoms with Crippen molar-refractivity contribution in [1.82, 2.24) is 4.98 Å². The van der Waals surface area contributed by atoms with E-state index in [1.54, 1.807) is 11.3 Å². The number of benzene rings is 2. The molecule has 1 aliphatic carbocycles. The smallest absolute Gasteiger partial charge is 0.339 e. The molecule has 6 heteroatoms. The predicted octanol–water partition coefficient (Wildman–Crippen LogP) is 7.09. The molecule has 4 aromatic rings. The summed E-state index contributed by atoms with van der Waals surface area (Å²) in [5, 5.41) is 5.70. The van der Waals surface area contributed by atoms with E-state index >= 15 is 0 Å². The maximum absolute atomic E-state index is 13.4. The second kappa shape index (κ2) is 10.5. The minimum atomic E-state index is -0.491. The number of nitrogens with one attached hydrogen (secondary N) is 1. The Labute approximate surface area is 214 Å². The summed E-state index contributed by atoms with van der Waals surface area (Å²) in [5.41, 5.74) is 5.93. The van der Waals surface area contributed by atoms with Crippen molar-refractivity contribution in [2.45, 2.75) is 39.0 Å². The Morgan fingerprint density at radius 2 is 1.86 bits per heavy atom. The zero-order valence-electron chi connectivity index (χ0n) is 20.4. The molecule has 5 rings (SSSR count). The first kappa shape index (κ1) is 23.9. The van der Waals surface area contributed by atoms with Gasteiger partial charge in [0.15, 0.2) is 6.61 Å². The third kappa shape index (κ3) is 4.95. The fraction of sp³-hybridized carbons (Fsp3) is 0.233. The number of anilines is 1. The first-order valence-corrected chi connectivity index (χ1v) is 13.1. The molecule has 2 aromatic heterocycles. The molecule has 0 bridgehead atoms. The van der Waals surface area contributed by atoms with E-state index in [4.69, 9.17) is 9.72 Å². The quantitative estimate of drug-likeness (QED) is 0.289. The molecule has 0 radical (unpaired) electrons. The highest BCUT2D eigenvalue weighted by Crippen LogP contribution is 2.37. The number of hydrogen-bond acceptors (Lipinski definition) is 5. The standard InChI is InChI=1S/C30H28N2O3S/c1-19(2)22-11-3-5-14-25(22)31-27(33)18-35-30(34)28-23-12-4-6-15-26(23)32-29-20(9-7-13-24(28)29)17-21-10-8-16-36-21/h3-6,8,10-12,14-17,19H,7,9,13,18H2,1-2H3,(H,31,33)/b20-17+. The van der Waals surface area contributed by atoms with Crippen LogP contribution in [-0.4, -0.2) is 23.5 Å². The van der Waals surface area contributed by atoms with E-state index in [0.717, 1.165) is 63.1 Å². The van der Waals surface area contributed by atoms with Gasteiger partial charge < -0.3 is 10.1 Å². The first-order valence-electron chi connectivity index (χ1n) is 12.2. The van der Waals surface area contributed by atoms with Gasteiger partial charge in [-0.15, -0.1) is 11.3 Å². The predicted molar refractivity (Wildman–Crippen MR) is 146 cm³/mol. The summed E-state index contributed by atoms with van der Waals surface area (Å²) in [6.45, 7) is 3.79. The van der Waals surface area contributed by atoms with Crippen molar-refractivity contribution >= 4 is 51.5 Å². The third-order valence-electron chi connectivity index (χ3n) is 6.43. The van der Waals surface area contributed by atoms with E-state index in [9.17, 15) is 9.59 Å². The number of carbonyl (C=O) groups excluding carboxylic acids is 2. The van der Waals surface area contributed by atoms with E-state index < -0.39 is 5.97 Å². The number of amides is 1. The van der Waals surface area contributed by atoms with Crippen molar-refractivity contribution in [3.63, 3.8) is 0 Å². The SMILES string of the molecule is CC(C)c1ccccc1NC(=O)COC(=O)c1c2c(nc3ccccc13)/C(=C/c1cccs1)CCC2. The second-order valence-electron chi connectivity index (χ2n) is 9.24. The maximum atomic E-state index is 13.4. The molecule has 0 fully saturated rings. The molecule has 36 heavy (non-hydrogen) atoms. The van der Waals surface area contributed by atoms with Gasteiger partial charge in [0.2, 0.25) is 0 Å². The number of para-hydroxylation sites is 2. The van der Waals surface area contributed by atoms with Gasteiger partial charge in [0, 0.05) is 16.0 Å². The van der Waals surface area contributed by atoms with Crippen LogP contribution < -0.4 is 5.32 Å². The molecule has 0 atom stereocenters. The fourth-order valence-electron chi connectivity index (χ4n) is 4.76. The van der Waals surface area contributed by atoms with Gasteiger partial charge >= 0.3 is 5.97 Å². The monoisotopic (exact) mass is 496 g/mol. The summed E-state index contributed by atoms with van der Waals surface area (Å²) in [5.74, 6) is -0.591. The summed E-state index contributed by atoms with van der Waals surface area (Å²) in [6, 6.07) is 19.4. The van der Waals surface area contributed by atoms with Crippen molar-refractivity contribution in [2.75, 3.05) is 11.9 Å². The Kier molecular flexibility index (Phi) is 6.96. The number of aromatic nitrogens is 1. The van der Waals surface area contributed by atoms with Gasteiger partial charge in [-0.25, -0.2) is 9.78 Å². The van der Waals surface area contributed by atoms with Gasteiger partial charge in [0.1, 0.15) is 0 Å². The summed E-state index contributed by atoms with van der Waals surface area (Å²) in [6.07, 6.45) is 4.74. The largest absolute Gasteiger partial charge is 0.452 e. The molecule has 0 unspecified atom stereocenters. The molecule has 0 aliphatic heterocycles. The van der Waals surface area contributed by atoms with Crippen LogP contribution in [0.4, 0.5) is 5.69 Å². The lowest BCUT2D eigenvalue weighted by molar-refractivity contribution is -0.119. The zero-order chi connectivity index (χ0) is 25.1. The number of thiophene rings is 1. The summed E-state index contributed by atoms with van der Waals surface area (Å²) in [7, 11) is 0. The molecule has 0 spiro atoms. The number of nitrogens with zero attached hydrogens (tertiary/aromatic N) is 1. The van der Waals surface area contributed by atoms with Crippen LogP contribution in [0.2, 0.25) is 0 Å². The number of ether oxygens (including phenoxy) is 1. The lowest BCUT2D eigenvalue weighted by Gasteiger charge is -2.22. The first-order chi connectivity index (χ1) is 17.5. The highest BCUT2D eigenvalue weighted by Gasteiger charge is 2.26. The molecule has 1 N–H and O–H groups in total. The molecule has 2 heterocycles. The summed E-state index contributed by atoms with van der Waals surface area (Å²) in [4.78, 5) is 32.2. The maximum Gasteiger partial charge on any atom is 0.339 e. The minimum Gasteiger partial charge on any atom is -0.452 e. The van der Waals surface area contributed by atoms with Gasteiger partial charge in [-0.05, 0) is 71.5 Å². The molecular formula is C30H28N2O3S. The number of rotatable bonds is 6. The molecule has 2 aromatic carbocycles. The normalized spacial score (nSPS) is 14.1. The van der Waals surface area contributed by atoms with Gasteiger partial charge in [-0.2, -0.15) is 0 Å². The van der Waals surface area contributed by atoms with Crippen LogP contribution in [0.15, 0.2) is 66.0 Å². The zero-order valence-corrected chi connectivity index (χ0v) is 21.2. The number of esters is 1. The van der Waals surface area contributed by atoms with Gasteiger partial charge in [-0.3, -0.25) is 4.79 Å². The van der Waals surface area contributed by atoms with Crippen LogP contribution in [0.1, 0.15) is 64.7 Å². The Bertz CT molecular complexity index is 1450. The highest BCUT2D eigenvalue weighted by atomic mass is 32.1. The van der Waals surface area contributed by atoms with E-state index in [-0.39, 0.29) is 18.4 Å². The van der Waals surface area contributed by atoms with Gasteiger partial charge in [0.05, 0.1) is 16.8 Å². The lowest BCUT2D eigenvalue weighted by atomic mass is 9.86. The second-order valence-corrected chi connectivity index (χ2v) is 10.2. The summed E-state index contributed by atoms with van der Waals surface area (Å²) < 4.78 is 5.58. The molecule has 0 saturated carbocycles. The van der Waals surface area contributed by atoms with E-state index in [1.807, 2.05) is 54.6 Å². The molecule has 0 saturated heterocycles. The summed E-state index contributed by atoms with van der Waals surface area (Å²) >= 11 is 1.68. The lowest BCUT2D eigenvalue weighted by Crippen LogP contribution is -2.23. The van der Waals surface area contributed by atoms with Crippen LogP contribution in [-0.2, 0) is 16.0 Å². The highest BCUT2D eigenvalue weighted by molar-refractivity contribution is 7.10. The fourth-order valence-corrected chi connectivity index (χ4v) is 5.44. The average molecular weight is 497 g/mol. The van der Waals surface area contributed by atoms with Crippen molar-refractivity contribution in [3.8, 4) is 0 Å². The van der Waals surface area contributed by atoms with Gasteiger partial charge in [-0.1, -0.05) is 56.3 Å². The average Bonchev–Trinajstić information content (AvgIpc) is 3.39. The van der Waals surface area contributed by atoms with Crippen LogP contribution >= 0.6 is 11.3 Å². The minimum absolute atomic E-state index is 0.259. The van der Waals surface area contributed by atoms with Crippen LogP contribution in [0, 0.1) is 0 Å². The third-order valence-corrected chi connectivity index (χ3v) is 7.24. The van der Waals surface area contributed by atoms with Crippen molar-refractivity contribution in [1.29, 1.82) is 0 Å². The Balaban J connectivity index is 1.43. The Morgan fingerprint density at radius 3 is 2.67 bits per heavy atom.